The standard InChI is InChI=1S/C22H29N3O2/c1-26-22-10-5-3-8-20(22)25-15-13-23(14-16-25)11-6-12-24-17-19-7-2-4-9-21(19)27-18-24/h2-5,7-10H,6,11-18H2,1H3. The molecule has 0 N–H and O–H groups in total. The van der Waals surface area contributed by atoms with Crippen LogP contribution in [0.5, 0.6) is 11.5 Å². The summed E-state index contributed by atoms with van der Waals surface area (Å²) in [6, 6.07) is 16.7. The summed E-state index contributed by atoms with van der Waals surface area (Å²) in [7, 11) is 1.75. The van der Waals surface area contributed by atoms with Crippen LogP contribution in [0, 0.1) is 0 Å². The van der Waals surface area contributed by atoms with Crippen LogP contribution < -0.4 is 14.4 Å². The number of hydrogen-bond donors (Lipinski definition) is 0. The number of fused-ring (bicyclic) bond motifs is 1. The fraction of sp³-hybridized carbons (Fsp3) is 0.455. The molecule has 0 saturated carbocycles. The molecule has 0 aromatic heterocycles. The zero-order chi connectivity index (χ0) is 18.5. The maximum atomic E-state index is 5.86. The van der Waals surface area contributed by atoms with Crippen molar-refractivity contribution >= 4 is 5.69 Å². The molecule has 2 heterocycles. The predicted molar refractivity (Wildman–Crippen MR) is 109 cm³/mol. The number of benzene rings is 2. The Labute approximate surface area is 162 Å². The van der Waals surface area contributed by atoms with E-state index < -0.39 is 0 Å². The van der Waals surface area contributed by atoms with Crippen molar-refractivity contribution in [3.63, 3.8) is 0 Å². The summed E-state index contributed by atoms with van der Waals surface area (Å²) >= 11 is 0. The van der Waals surface area contributed by atoms with E-state index in [9.17, 15) is 0 Å². The molecule has 0 unspecified atom stereocenters. The third-order valence-electron chi connectivity index (χ3n) is 5.52. The number of piperazine rings is 1. The van der Waals surface area contributed by atoms with Gasteiger partial charge < -0.3 is 14.4 Å². The molecule has 0 amide bonds. The Morgan fingerprint density at radius 3 is 2.48 bits per heavy atom. The average molecular weight is 367 g/mol. The molecule has 4 rings (SSSR count). The van der Waals surface area contributed by atoms with E-state index in [1.54, 1.807) is 7.11 Å². The molecule has 2 aliphatic rings. The highest BCUT2D eigenvalue weighted by molar-refractivity contribution is 5.58. The molecule has 5 nitrogen and oxygen atoms in total. The predicted octanol–water partition coefficient (Wildman–Crippen LogP) is 3.06. The van der Waals surface area contributed by atoms with Crippen molar-refractivity contribution in [1.29, 1.82) is 0 Å². The molecular weight excluding hydrogens is 338 g/mol. The summed E-state index contributed by atoms with van der Waals surface area (Å²) in [6.45, 7) is 8.27. The maximum absolute atomic E-state index is 5.86. The lowest BCUT2D eigenvalue weighted by Gasteiger charge is -2.37. The van der Waals surface area contributed by atoms with E-state index in [4.69, 9.17) is 9.47 Å². The van der Waals surface area contributed by atoms with Crippen molar-refractivity contribution in [2.75, 3.05) is 58.0 Å². The van der Waals surface area contributed by atoms with Crippen molar-refractivity contribution < 1.29 is 9.47 Å². The number of methoxy groups -OCH3 is 1. The first-order valence-corrected chi connectivity index (χ1v) is 9.87. The largest absolute Gasteiger partial charge is 0.495 e. The van der Waals surface area contributed by atoms with Gasteiger partial charge in [0.2, 0.25) is 0 Å². The number of hydrogen-bond acceptors (Lipinski definition) is 5. The van der Waals surface area contributed by atoms with Crippen LogP contribution in [0.1, 0.15) is 12.0 Å². The summed E-state index contributed by atoms with van der Waals surface area (Å²) in [5.41, 5.74) is 2.51. The van der Waals surface area contributed by atoms with Gasteiger partial charge in [-0.1, -0.05) is 30.3 Å². The molecule has 2 aliphatic heterocycles. The summed E-state index contributed by atoms with van der Waals surface area (Å²) in [6.07, 6.45) is 1.18. The summed E-state index contributed by atoms with van der Waals surface area (Å²) in [5.74, 6) is 2.01. The number of rotatable bonds is 6. The van der Waals surface area contributed by atoms with E-state index in [1.165, 1.54) is 17.7 Å². The number of anilines is 1. The zero-order valence-corrected chi connectivity index (χ0v) is 16.1. The highest BCUT2D eigenvalue weighted by Gasteiger charge is 2.20. The van der Waals surface area contributed by atoms with Crippen LogP contribution in [0.4, 0.5) is 5.69 Å². The van der Waals surface area contributed by atoms with Crippen LogP contribution in [0.25, 0.3) is 0 Å². The second-order valence-electron chi connectivity index (χ2n) is 7.29. The van der Waals surface area contributed by atoms with Crippen LogP contribution >= 0.6 is 0 Å². The fourth-order valence-corrected chi connectivity index (χ4v) is 3.99. The van der Waals surface area contributed by atoms with Gasteiger partial charge >= 0.3 is 0 Å². The first-order valence-electron chi connectivity index (χ1n) is 9.87. The molecular formula is C22H29N3O2. The molecule has 27 heavy (non-hydrogen) atoms. The minimum Gasteiger partial charge on any atom is -0.495 e. The second kappa shape index (κ2) is 8.63. The van der Waals surface area contributed by atoms with E-state index in [0.29, 0.717) is 6.73 Å². The lowest BCUT2D eigenvalue weighted by Crippen LogP contribution is -2.47. The highest BCUT2D eigenvalue weighted by Crippen LogP contribution is 2.28. The van der Waals surface area contributed by atoms with Crippen molar-refractivity contribution in [1.82, 2.24) is 9.80 Å². The van der Waals surface area contributed by atoms with Gasteiger partial charge in [-0.05, 0) is 31.2 Å². The summed E-state index contributed by atoms with van der Waals surface area (Å²) < 4.78 is 11.4. The first kappa shape index (κ1) is 18.1. The normalized spacial score (nSPS) is 18.0. The molecule has 2 aromatic carbocycles. The molecule has 1 fully saturated rings. The first-order chi connectivity index (χ1) is 13.3. The van der Waals surface area contributed by atoms with Gasteiger partial charge in [0.25, 0.3) is 0 Å². The number of nitrogens with zero attached hydrogens (tertiary/aromatic N) is 3. The van der Waals surface area contributed by atoms with E-state index in [0.717, 1.165) is 57.3 Å². The Balaban J connectivity index is 1.20. The Hall–Kier alpha value is -2.24. The molecule has 0 atom stereocenters. The van der Waals surface area contributed by atoms with E-state index in [-0.39, 0.29) is 0 Å². The van der Waals surface area contributed by atoms with Gasteiger partial charge in [0.15, 0.2) is 0 Å². The fourth-order valence-electron chi connectivity index (χ4n) is 3.99. The van der Waals surface area contributed by atoms with Crippen LogP contribution in [-0.4, -0.2) is 62.9 Å². The lowest BCUT2D eigenvalue weighted by atomic mass is 10.1. The molecule has 5 heteroatoms. The quantitative estimate of drug-likeness (QED) is 0.783. The number of ether oxygens (including phenoxy) is 2. The minimum absolute atomic E-state index is 0.707. The average Bonchev–Trinajstić information content (AvgIpc) is 2.74. The molecule has 2 aromatic rings. The summed E-state index contributed by atoms with van der Waals surface area (Å²) in [4.78, 5) is 7.41. The topological polar surface area (TPSA) is 28.2 Å². The highest BCUT2D eigenvalue weighted by atomic mass is 16.5. The lowest BCUT2D eigenvalue weighted by molar-refractivity contribution is 0.0899. The summed E-state index contributed by atoms with van der Waals surface area (Å²) in [5, 5.41) is 0. The minimum atomic E-state index is 0.707. The third kappa shape index (κ3) is 4.37. The SMILES string of the molecule is COc1ccccc1N1CCN(CCCN2COc3ccccc3C2)CC1. The Kier molecular flexibility index (Phi) is 5.80. The van der Waals surface area contributed by atoms with Crippen LogP contribution in [0.2, 0.25) is 0 Å². The third-order valence-corrected chi connectivity index (χ3v) is 5.52. The maximum Gasteiger partial charge on any atom is 0.142 e. The van der Waals surface area contributed by atoms with Crippen molar-refractivity contribution in [2.45, 2.75) is 13.0 Å². The van der Waals surface area contributed by atoms with Gasteiger partial charge in [-0.15, -0.1) is 0 Å². The Bertz CT molecular complexity index is 744. The molecule has 144 valence electrons. The Morgan fingerprint density at radius 1 is 0.889 bits per heavy atom. The van der Waals surface area contributed by atoms with Gasteiger partial charge in [-0.2, -0.15) is 0 Å². The van der Waals surface area contributed by atoms with Gasteiger partial charge in [0.05, 0.1) is 12.8 Å². The van der Waals surface area contributed by atoms with Crippen LogP contribution in [-0.2, 0) is 6.54 Å². The monoisotopic (exact) mass is 367 g/mol. The van der Waals surface area contributed by atoms with Crippen LogP contribution in [0.15, 0.2) is 48.5 Å². The molecule has 0 aliphatic carbocycles. The van der Waals surface area contributed by atoms with Gasteiger partial charge in [-0.25, -0.2) is 0 Å². The molecule has 0 radical (unpaired) electrons. The second-order valence-corrected chi connectivity index (χ2v) is 7.29. The smallest absolute Gasteiger partial charge is 0.142 e. The van der Waals surface area contributed by atoms with Crippen molar-refractivity contribution in [3.8, 4) is 11.5 Å². The Morgan fingerprint density at radius 2 is 1.63 bits per heavy atom. The van der Waals surface area contributed by atoms with E-state index >= 15 is 0 Å². The molecule has 1 saturated heterocycles. The van der Waals surface area contributed by atoms with Crippen molar-refractivity contribution in [3.05, 3.63) is 54.1 Å². The zero-order valence-electron chi connectivity index (χ0n) is 16.1. The van der Waals surface area contributed by atoms with Gasteiger partial charge in [0.1, 0.15) is 18.2 Å². The van der Waals surface area contributed by atoms with Gasteiger partial charge in [0, 0.05) is 44.8 Å². The molecule has 0 bridgehead atoms. The van der Waals surface area contributed by atoms with Gasteiger partial charge in [-0.3, -0.25) is 9.80 Å². The van der Waals surface area contributed by atoms with E-state index in [1.807, 2.05) is 18.2 Å². The van der Waals surface area contributed by atoms with E-state index in [2.05, 4.69) is 45.0 Å². The van der Waals surface area contributed by atoms with Crippen LogP contribution in [0.3, 0.4) is 0 Å². The van der Waals surface area contributed by atoms with Crippen molar-refractivity contribution in [2.24, 2.45) is 0 Å². The molecule has 0 spiro atoms. The number of para-hydroxylation sites is 3.